The van der Waals surface area contributed by atoms with Crippen molar-refractivity contribution in [2.45, 2.75) is 6.61 Å². The van der Waals surface area contributed by atoms with Crippen molar-refractivity contribution in [3.8, 4) is 5.75 Å². The minimum Gasteiger partial charge on any atom is -0.489 e. The fourth-order valence-electron chi connectivity index (χ4n) is 1.38. The maximum absolute atomic E-state index is 13.1. The van der Waals surface area contributed by atoms with Crippen LogP contribution in [0.2, 0.25) is 0 Å². The lowest BCUT2D eigenvalue weighted by Crippen LogP contribution is -1.98. The third-order valence-corrected chi connectivity index (χ3v) is 2.27. The molecule has 2 nitrogen and oxygen atoms in total. The van der Waals surface area contributed by atoms with Crippen LogP contribution in [0.15, 0.2) is 42.5 Å². The van der Waals surface area contributed by atoms with Crippen LogP contribution in [0.4, 0.5) is 14.5 Å². The lowest BCUT2D eigenvalue weighted by atomic mass is 10.2. The second-order valence-electron chi connectivity index (χ2n) is 3.60. The lowest BCUT2D eigenvalue weighted by molar-refractivity contribution is 0.304. The molecule has 2 N–H and O–H groups in total. The summed E-state index contributed by atoms with van der Waals surface area (Å²) in [6.07, 6.45) is 0. The zero-order valence-electron chi connectivity index (χ0n) is 8.99. The van der Waals surface area contributed by atoms with Gasteiger partial charge in [0.2, 0.25) is 0 Å². The molecule has 0 heterocycles. The normalized spacial score (nSPS) is 10.2. The first-order chi connectivity index (χ1) is 8.15. The van der Waals surface area contributed by atoms with Gasteiger partial charge in [0.15, 0.2) is 0 Å². The molecular formula is C13H11F2NO. The van der Waals surface area contributed by atoms with Gasteiger partial charge in [-0.05, 0) is 29.8 Å². The van der Waals surface area contributed by atoms with Crippen LogP contribution in [-0.4, -0.2) is 0 Å². The molecule has 0 radical (unpaired) electrons. The Morgan fingerprint density at radius 3 is 2.59 bits per heavy atom. The van der Waals surface area contributed by atoms with E-state index in [1.807, 2.05) is 0 Å². The second-order valence-corrected chi connectivity index (χ2v) is 3.60. The van der Waals surface area contributed by atoms with E-state index in [9.17, 15) is 8.78 Å². The van der Waals surface area contributed by atoms with Crippen LogP contribution in [0.5, 0.6) is 5.75 Å². The highest BCUT2D eigenvalue weighted by atomic mass is 19.1. The van der Waals surface area contributed by atoms with Crippen molar-refractivity contribution in [3.63, 3.8) is 0 Å². The number of halogens is 2. The molecule has 0 unspecified atom stereocenters. The van der Waals surface area contributed by atoms with Gasteiger partial charge < -0.3 is 10.5 Å². The fraction of sp³-hybridized carbons (Fsp3) is 0.0769. The van der Waals surface area contributed by atoms with Crippen molar-refractivity contribution in [3.05, 3.63) is 59.7 Å². The Kier molecular flexibility index (Phi) is 3.23. The first-order valence-corrected chi connectivity index (χ1v) is 5.07. The quantitative estimate of drug-likeness (QED) is 0.829. The summed E-state index contributed by atoms with van der Waals surface area (Å²) in [5, 5.41) is 0. The minimum absolute atomic E-state index is 0.0968. The number of ether oxygens (including phenoxy) is 1. The molecule has 0 atom stereocenters. The van der Waals surface area contributed by atoms with Gasteiger partial charge in [-0.3, -0.25) is 0 Å². The third-order valence-electron chi connectivity index (χ3n) is 2.27. The van der Waals surface area contributed by atoms with E-state index >= 15 is 0 Å². The first kappa shape index (κ1) is 11.4. The number of nitrogen functional groups attached to an aromatic ring is 1. The van der Waals surface area contributed by atoms with Gasteiger partial charge in [0.05, 0.1) is 5.69 Å². The van der Waals surface area contributed by atoms with Crippen LogP contribution < -0.4 is 10.5 Å². The highest BCUT2D eigenvalue weighted by Crippen LogP contribution is 2.16. The molecule has 0 amide bonds. The third kappa shape index (κ3) is 2.93. The number of nitrogens with two attached hydrogens (primary N) is 1. The lowest BCUT2D eigenvalue weighted by Gasteiger charge is -2.07. The SMILES string of the molecule is Nc1ccc(COc2cccc(F)c2)cc1F. The van der Waals surface area contributed by atoms with E-state index in [0.717, 1.165) is 0 Å². The van der Waals surface area contributed by atoms with Gasteiger partial charge >= 0.3 is 0 Å². The maximum Gasteiger partial charge on any atom is 0.146 e. The van der Waals surface area contributed by atoms with E-state index in [1.54, 1.807) is 18.2 Å². The minimum atomic E-state index is -0.481. The van der Waals surface area contributed by atoms with Crippen molar-refractivity contribution < 1.29 is 13.5 Å². The van der Waals surface area contributed by atoms with Crippen molar-refractivity contribution >= 4 is 5.69 Å². The molecular weight excluding hydrogens is 224 g/mol. The smallest absolute Gasteiger partial charge is 0.146 e. The van der Waals surface area contributed by atoms with Crippen molar-refractivity contribution in [2.24, 2.45) is 0 Å². The molecule has 0 aliphatic rings. The van der Waals surface area contributed by atoms with E-state index in [0.29, 0.717) is 11.3 Å². The fourth-order valence-corrected chi connectivity index (χ4v) is 1.38. The Labute approximate surface area is 97.6 Å². The summed E-state index contributed by atoms with van der Waals surface area (Å²) in [6.45, 7) is 0.167. The number of anilines is 1. The predicted octanol–water partition coefficient (Wildman–Crippen LogP) is 3.13. The molecule has 2 aromatic carbocycles. The van der Waals surface area contributed by atoms with Crippen LogP contribution in [0.3, 0.4) is 0 Å². The van der Waals surface area contributed by atoms with Gasteiger partial charge in [-0.25, -0.2) is 8.78 Å². The second kappa shape index (κ2) is 4.82. The molecule has 0 saturated carbocycles. The average molecular weight is 235 g/mol. The molecule has 88 valence electrons. The first-order valence-electron chi connectivity index (χ1n) is 5.07. The number of hydrogen-bond donors (Lipinski definition) is 1. The highest BCUT2D eigenvalue weighted by Gasteiger charge is 2.01. The van der Waals surface area contributed by atoms with Crippen LogP contribution in [0, 0.1) is 11.6 Å². The van der Waals surface area contributed by atoms with E-state index < -0.39 is 5.82 Å². The van der Waals surface area contributed by atoms with Gasteiger partial charge in [0.25, 0.3) is 0 Å². The van der Waals surface area contributed by atoms with E-state index in [4.69, 9.17) is 10.5 Å². The van der Waals surface area contributed by atoms with Crippen LogP contribution in [-0.2, 0) is 6.61 Å². The molecule has 4 heteroatoms. The molecule has 0 bridgehead atoms. The summed E-state index contributed by atoms with van der Waals surface area (Å²) >= 11 is 0. The van der Waals surface area contributed by atoms with Gasteiger partial charge in [-0.2, -0.15) is 0 Å². The Bertz CT molecular complexity index is 529. The van der Waals surface area contributed by atoms with Crippen molar-refractivity contribution in [2.75, 3.05) is 5.73 Å². The Balaban J connectivity index is 2.05. The summed E-state index contributed by atoms with van der Waals surface area (Å²) in [4.78, 5) is 0. The van der Waals surface area contributed by atoms with Crippen LogP contribution >= 0.6 is 0 Å². The number of benzene rings is 2. The van der Waals surface area contributed by atoms with Crippen LogP contribution in [0.25, 0.3) is 0 Å². The molecule has 17 heavy (non-hydrogen) atoms. The standard InChI is InChI=1S/C13H11F2NO/c14-10-2-1-3-11(7-10)17-8-9-4-5-13(16)12(15)6-9/h1-7H,8,16H2. The number of rotatable bonds is 3. The Morgan fingerprint density at radius 1 is 1.06 bits per heavy atom. The summed E-state index contributed by atoms with van der Waals surface area (Å²) in [7, 11) is 0. The molecule has 0 aromatic heterocycles. The zero-order chi connectivity index (χ0) is 12.3. The molecule has 0 fully saturated rings. The molecule has 0 aliphatic carbocycles. The summed E-state index contributed by atoms with van der Waals surface area (Å²) in [5.74, 6) is -0.446. The monoisotopic (exact) mass is 235 g/mol. The largest absolute Gasteiger partial charge is 0.489 e. The average Bonchev–Trinajstić information content (AvgIpc) is 2.31. The van der Waals surface area contributed by atoms with Gasteiger partial charge in [0.1, 0.15) is 24.0 Å². The maximum atomic E-state index is 13.1. The Hall–Kier alpha value is -2.10. The molecule has 2 aromatic rings. The van der Waals surface area contributed by atoms with Gasteiger partial charge in [-0.15, -0.1) is 0 Å². The summed E-state index contributed by atoms with van der Waals surface area (Å²) in [6, 6.07) is 10.2. The van der Waals surface area contributed by atoms with Gasteiger partial charge in [-0.1, -0.05) is 12.1 Å². The summed E-state index contributed by atoms with van der Waals surface area (Å²) in [5.41, 5.74) is 6.09. The van der Waals surface area contributed by atoms with E-state index in [1.165, 1.54) is 24.3 Å². The zero-order valence-corrected chi connectivity index (χ0v) is 8.99. The van der Waals surface area contributed by atoms with E-state index in [2.05, 4.69) is 0 Å². The van der Waals surface area contributed by atoms with Crippen LogP contribution in [0.1, 0.15) is 5.56 Å². The summed E-state index contributed by atoms with van der Waals surface area (Å²) < 4.78 is 31.3. The highest BCUT2D eigenvalue weighted by molar-refractivity contribution is 5.41. The molecule has 0 spiro atoms. The van der Waals surface area contributed by atoms with Gasteiger partial charge in [0, 0.05) is 6.07 Å². The van der Waals surface area contributed by atoms with Crippen molar-refractivity contribution in [1.82, 2.24) is 0 Å². The molecule has 2 rings (SSSR count). The molecule has 0 aliphatic heterocycles. The van der Waals surface area contributed by atoms with Crippen molar-refractivity contribution in [1.29, 1.82) is 0 Å². The number of hydrogen-bond acceptors (Lipinski definition) is 2. The predicted molar refractivity (Wildman–Crippen MR) is 61.5 cm³/mol. The van der Waals surface area contributed by atoms with E-state index in [-0.39, 0.29) is 18.1 Å². The Morgan fingerprint density at radius 2 is 1.88 bits per heavy atom. The molecule has 0 saturated heterocycles. The topological polar surface area (TPSA) is 35.2 Å².